The van der Waals surface area contributed by atoms with E-state index in [1.165, 1.54) is 24.3 Å². The number of hydrogen-bond acceptors (Lipinski definition) is 3. The maximum atomic E-state index is 12.9. The molecule has 25 heavy (non-hydrogen) atoms. The Labute approximate surface area is 149 Å². The molecule has 1 amide bonds. The van der Waals surface area contributed by atoms with Crippen LogP contribution in [0.1, 0.15) is 15.9 Å². The molecule has 0 atom stereocenters. The fraction of sp³-hybridized carbons (Fsp3) is 0.0526. The van der Waals surface area contributed by atoms with Crippen LogP contribution in [0.15, 0.2) is 60.8 Å². The quantitative estimate of drug-likeness (QED) is 0.678. The van der Waals surface area contributed by atoms with Crippen LogP contribution in [-0.4, -0.2) is 10.9 Å². The number of amides is 1. The number of aromatic nitrogens is 1. The van der Waals surface area contributed by atoms with Crippen LogP contribution in [0.4, 0.5) is 21.6 Å². The molecular weight excluding hydrogens is 341 g/mol. The van der Waals surface area contributed by atoms with Gasteiger partial charge in [-0.25, -0.2) is 9.37 Å². The third kappa shape index (κ3) is 4.33. The number of aryl methyl sites for hydroxylation is 1. The predicted octanol–water partition coefficient (Wildman–Crippen LogP) is 5.18. The highest BCUT2D eigenvalue weighted by Crippen LogP contribution is 2.23. The number of halogens is 2. The largest absolute Gasteiger partial charge is 0.340 e. The summed E-state index contributed by atoms with van der Waals surface area (Å²) in [5.41, 5.74) is 2.78. The zero-order valence-corrected chi connectivity index (χ0v) is 14.1. The van der Waals surface area contributed by atoms with Crippen molar-refractivity contribution in [2.24, 2.45) is 0 Å². The molecule has 0 saturated carbocycles. The van der Waals surface area contributed by atoms with E-state index in [9.17, 15) is 9.18 Å². The summed E-state index contributed by atoms with van der Waals surface area (Å²) >= 11 is 5.95. The molecule has 4 nitrogen and oxygen atoms in total. The number of anilines is 3. The van der Waals surface area contributed by atoms with Crippen molar-refractivity contribution >= 4 is 34.7 Å². The molecule has 1 aromatic heterocycles. The molecule has 3 aromatic rings. The molecule has 0 radical (unpaired) electrons. The van der Waals surface area contributed by atoms with Gasteiger partial charge in [0.25, 0.3) is 5.91 Å². The summed E-state index contributed by atoms with van der Waals surface area (Å²) in [6, 6.07) is 14.3. The van der Waals surface area contributed by atoms with Gasteiger partial charge in [0.2, 0.25) is 0 Å². The third-order valence-electron chi connectivity index (χ3n) is 3.58. The summed E-state index contributed by atoms with van der Waals surface area (Å²) in [4.78, 5) is 16.6. The van der Waals surface area contributed by atoms with Crippen LogP contribution in [-0.2, 0) is 0 Å². The smallest absolute Gasteiger partial charge is 0.255 e. The van der Waals surface area contributed by atoms with Gasteiger partial charge in [-0.2, -0.15) is 0 Å². The molecule has 0 bridgehead atoms. The van der Waals surface area contributed by atoms with E-state index in [0.717, 1.165) is 11.3 Å². The summed E-state index contributed by atoms with van der Waals surface area (Å²) in [6.45, 7) is 1.93. The number of carbonyl (C=O) groups excluding carboxylic acids is 1. The van der Waals surface area contributed by atoms with E-state index in [1.54, 1.807) is 24.4 Å². The molecule has 126 valence electrons. The zero-order valence-electron chi connectivity index (χ0n) is 13.4. The van der Waals surface area contributed by atoms with E-state index in [0.29, 0.717) is 22.1 Å². The van der Waals surface area contributed by atoms with Crippen LogP contribution in [0.3, 0.4) is 0 Å². The van der Waals surface area contributed by atoms with Gasteiger partial charge < -0.3 is 10.6 Å². The second-order valence-corrected chi connectivity index (χ2v) is 5.91. The first-order valence-electron chi connectivity index (χ1n) is 7.57. The highest BCUT2D eigenvalue weighted by Gasteiger charge is 2.08. The lowest BCUT2D eigenvalue weighted by Gasteiger charge is -2.10. The van der Waals surface area contributed by atoms with Crippen LogP contribution in [0.5, 0.6) is 0 Å². The van der Waals surface area contributed by atoms with Crippen LogP contribution < -0.4 is 10.6 Å². The standard InChI is InChI=1S/C19H15ClFN3O/c1-12-10-14(20)2-7-17(12)24-18-11-13(8-9-22-18)19(25)23-16-5-3-15(21)4-6-16/h2-11H,1H3,(H,22,24)(H,23,25). The Morgan fingerprint density at radius 2 is 1.84 bits per heavy atom. The molecule has 0 aliphatic rings. The Bertz CT molecular complexity index is 913. The topological polar surface area (TPSA) is 54.0 Å². The van der Waals surface area contributed by atoms with Crippen molar-refractivity contribution < 1.29 is 9.18 Å². The predicted molar refractivity (Wildman–Crippen MR) is 98.1 cm³/mol. The maximum Gasteiger partial charge on any atom is 0.255 e. The van der Waals surface area contributed by atoms with Gasteiger partial charge in [-0.3, -0.25) is 4.79 Å². The number of nitrogens with one attached hydrogen (secondary N) is 2. The summed E-state index contributed by atoms with van der Waals surface area (Å²) in [5.74, 6) is -0.117. The highest BCUT2D eigenvalue weighted by atomic mass is 35.5. The minimum atomic E-state index is -0.355. The van der Waals surface area contributed by atoms with Crippen molar-refractivity contribution in [2.45, 2.75) is 6.92 Å². The number of carbonyl (C=O) groups is 1. The van der Waals surface area contributed by atoms with Crippen molar-refractivity contribution in [1.82, 2.24) is 4.98 Å². The number of nitrogens with zero attached hydrogens (tertiary/aromatic N) is 1. The normalized spacial score (nSPS) is 10.4. The van der Waals surface area contributed by atoms with E-state index >= 15 is 0 Å². The highest BCUT2D eigenvalue weighted by molar-refractivity contribution is 6.30. The van der Waals surface area contributed by atoms with Gasteiger partial charge >= 0.3 is 0 Å². The summed E-state index contributed by atoms with van der Waals surface area (Å²) < 4.78 is 12.9. The molecule has 6 heteroatoms. The molecular formula is C19H15ClFN3O. The van der Waals surface area contributed by atoms with E-state index < -0.39 is 0 Å². The zero-order chi connectivity index (χ0) is 17.8. The van der Waals surface area contributed by atoms with Crippen LogP contribution >= 0.6 is 11.6 Å². The molecule has 2 N–H and O–H groups in total. The van der Waals surface area contributed by atoms with Crippen molar-refractivity contribution in [3.63, 3.8) is 0 Å². The van der Waals surface area contributed by atoms with Gasteiger partial charge in [-0.15, -0.1) is 0 Å². The minimum Gasteiger partial charge on any atom is -0.340 e. The third-order valence-corrected chi connectivity index (χ3v) is 3.81. The lowest BCUT2D eigenvalue weighted by molar-refractivity contribution is 0.102. The van der Waals surface area contributed by atoms with E-state index in [2.05, 4.69) is 15.6 Å². The van der Waals surface area contributed by atoms with Crippen molar-refractivity contribution in [3.05, 3.63) is 82.8 Å². The number of rotatable bonds is 4. The summed E-state index contributed by atoms with van der Waals surface area (Å²) in [5, 5.41) is 6.54. The van der Waals surface area contributed by atoms with Crippen LogP contribution in [0.2, 0.25) is 5.02 Å². The monoisotopic (exact) mass is 355 g/mol. The Hall–Kier alpha value is -2.92. The van der Waals surface area contributed by atoms with E-state index in [1.807, 2.05) is 19.1 Å². The average Bonchev–Trinajstić information content (AvgIpc) is 2.60. The minimum absolute atomic E-state index is 0.301. The summed E-state index contributed by atoms with van der Waals surface area (Å²) in [7, 11) is 0. The van der Waals surface area contributed by atoms with Crippen LogP contribution in [0, 0.1) is 12.7 Å². The second-order valence-electron chi connectivity index (χ2n) is 5.48. The molecule has 1 heterocycles. The molecule has 0 spiro atoms. The molecule has 0 saturated heterocycles. The van der Waals surface area contributed by atoms with Gasteiger partial charge in [0.05, 0.1) is 0 Å². The van der Waals surface area contributed by atoms with Crippen molar-refractivity contribution in [2.75, 3.05) is 10.6 Å². The first kappa shape index (κ1) is 16.9. The fourth-order valence-electron chi connectivity index (χ4n) is 2.28. The molecule has 3 rings (SSSR count). The first-order chi connectivity index (χ1) is 12.0. The SMILES string of the molecule is Cc1cc(Cl)ccc1Nc1cc(C(=O)Nc2ccc(F)cc2)ccn1. The number of benzene rings is 2. The first-order valence-corrected chi connectivity index (χ1v) is 7.95. The van der Waals surface area contributed by atoms with E-state index in [-0.39, 0.29) is 11.7 Å². The molecule has 0 unspecified atom stereocenters. The van der Waals surface area contributed by atoms with Gasteiger partial charge in [0.15, 0.2) is 0 Å². The lowest BCUT2D eigenvalue weighted by atomic mass is 10.2. The fourth-order valence-corrected chi connectivity index (χ4v) is 2.51. The Kier molecular flexibility index (Phi) is 4.95. The van der Waals surface area contributed by atoms with Crippen molar-refractivity contribution in [1.29, 1.82) is 0 Å². The number of pyridine rings is 1. The van der Waals surface area contributed by atoms with E-state index in [4.69, 9.17) is 11.6 Å². The lowest BCUT2D eigenvalue weighted by Crippen LogP contribution is -2.12. The average molecular weight is 356 g/mol. The molecule has 0 aliphatic carbocycles. The Balaban J connectivity index is 1.76. The van der Waals surface area contributed by atoms with Gasteiger partial charge in [-0.1, -0.05) is 11.6 Å². The maximum absolute atomic E-state index is 12.9. The Morgan fingerprint density at radius 3 is 2.56 bits per heavy atom. The number of hydrogen-bond donors (Lipinski definition) is 2. The van der Waals surface area contributed by atoms with Gasteiger partial charge in [0.1, 0.15) is 11.6 Å². The summed E-state index contributed by atoms with van der Waals surface area (Å²) in [6.07, 6.45) is 1.55. The molecule has 0 fully saturated rings. The van der Waals surface area contributed by atoms with Gasteiger partial charge in [0, 0.05) is 28.2 Å². The van der Waals surface area contributed by atoms with Gasteiger partial charge in [-0.05, 0) is 67.1 Å². The second kappa shape index (κ2) is 7.32. The van der Waals surface area contributed by atoms with Crippen LogP contribution in [0.25, 0.3) is 0 Å². The molecule has 2 aromatic carbocycles. The Morgan fingerprint density at radius 1 is 1.08 bits per heavy atom. The van der Waals surface area contributed by atoms with Crippen molar-refractivity contribution in [3.8, 4) is 0 Å². The molecule has 0 aliphatic heterocycles.